The molecule has 124 valence electrons. The Bertz CT molecular complexity index is 451. The molecule has 1 N–H and O–H groups in total. The first-order valence-electron chi connectivity index (χ1n) is 8.25. The van der Waals surface area contributed by atoms with Gasteiger partial charge in [0.2, 0.25) is 11.8 Å². The molecule has 2 fully saturated rings. The predicted octanol–water partition coefficient (Wildman–Crippen LogP) is 1.35. The maximum atomic E-state index is 12.8. The highest BCUT2D eigenvalue weighted by atomic mass is 16.4. The van der Waals surface area contributed by atoms with Crippen LogP contribution < -0.4 is 0 Å². The molecule has 22 heavy (non-hydrogen) atoms. The van der Waals surface area contributed by atoms with Gasteiger partial charge >= 0.3 is 5.97 Å². The number of amides is 2. The Labute approximate surface area is 131 Å². The van der Waals surface area contributed by atoms with Gasteiger partial charge in [-0.05, 0) is 31.6 Å². The van der Waals surface area contributed by atoms with E-state index in [1.807, 2.05) is 13.8 Å². The summed E-state index contributed by atoms with van der Waals surface area (Å²) in [6, 6.07) is -0.402. The molecule has 0 aromatic heterocycles. The molecule has 0 saturated carbocycles. The Kier molecular flexibility index (Phi) is 5.42. The lowest BCUT2D eigenvalue weighted by molar-refractivity contribution is -0.153. The van der Waals surface area contributed by atoms with E-state index < -0.39 is 17.9 Å². The summed E-state index contributed by atoms with van der Waals surface area (Å²) >= 11 is 0. The quantitative estimate of drug-likeness (QED) is 0.853. The number of aliphatic carboxylic acids is 1. The van der Waals surface area contributed by atoms with Crippen molar-refractivity contribution in [3.8, 4) is 0 Å². The number of likely N-dealkylation sites (tertiary alicyclic amines) is 2. The molecule has 2 aliphatic heterocycles. The third kappa shape index (κ3) is 3.59. The number of nitrogens with zero attached hydrogens (tertiary/aromatic N) is 2. The van der Waals surface area contributed by atoms with Crippen LogP contribution in [-0.4, -0.2) is 58.4 Å². The van der Waals surface area contributed by atoms with Gasteiger partial charge in [-0.1, -0.05) is 13.8 Å². The second-order valence-corrected chi connectivity index (χ2v) is 6.57. The lowest BCUT2D eigenvalue weighted by Gasteiger charge is -2.41. The molecule has 2 rings (SSSR count). The topological polar surface area (TPSA) is 77.9 Å². The minimum atomic E-state index is -0.838. The van der Waals surface area contributed by atoms with E-state index in [1.54, 1.807) is 9.80 Å². The first kappa shape index (κ1) is 16.8. The van der Waals surface area contributed by atoms with Crippen molar-refractivity contribution in [2.45, 2.75) is 52.0 Å². The van der Waals surface area contributed by atoms with Crippen molar-refractivity contribution in [1.82, 2.24) is 9.80 Å². The summed E-state index contributed by atoms with van der Waals surface area (Å²) < 4.78 is 0. The molecule has 6 nitrogen and oxygen atoms in total. The van der Waals surface area contributed by atoms with E-state index in [1.165, 1.54) is 0 Å². The molecule has 0 spiro atoms. The van der Waals surface area contributed by atoms with Gasteiger partial charge in [0.05, 0.1) is 5.92 Å². The van der Waals surface area contributed by atoms with E-state index in [9.17, 15) is 19.5 Å². The van der Waals surface area contributed by atoms with Gasteiger partial charge in [0.15, 0.2) is 0 Å². The largest absolute Gasteiger partial charge is 0.481 e. The van der Waals surface area contributed by atoms with E-state index in [4.69, 9.17) is 0 Å². The third-order valence-electron chi connectivity index (χ3n) is 4.73. The van der Waals surface area contributed by atoms with Crippen molar-refractivity contribution in [1.29, 1.82) is 0 Å². The highest BCUT2D eigenvalue weighted by Crippen LogP contribution is 2.26. The van der Waals surface area contributed by atoms with Crippen LogP contribution >= 0.6 is 0 Å². The molecule has 2 amide bonds. The first-order chi connectivity index (χ1) is 10.4. The average Bonchev–Trinajstić information content (AvgIpc) is 2.52. The molecule has 0 aromatic carbocycles. The minimum absolute atomic E-state index is 0.0119. The number of carbonyl (C=O) groups is 3. The Morgan fingerprint density at radius 1 is 1.18 bits per heavy atom. The van der Waals surface area contributed by atoms with Crippen LogP contribution in [0, 0.1) is 11.8 Å². The third-order valence-corrected chi connectivity index (χ3v) is 4.73. The van der Waals surface area contributed by atoms with Crippen molar-refractivity contribution in [3.05, 3.63) is 0 Å². The Morgan fingerprint density at radius 2 is 1.91 bits per heavy atom. The highest BCUT2D eigenvalue weighted by Gasteiger charge is 2.38. The number of carbonyl (C=O) groups excluding carboxylic acids is 2. The molecular weight excluding hydrogens is 284 g/mol. The van der Waals surface area contributed by atoms with E-state index in [0.29, 0.717) is 32.4 Å². The van der Waals surface area contributed by atoms with Crippen molar-refractivity contribution >= 4 is 17.8 Å². The Balaban J connectivity index is 2.10. The monoisotopic (exact) mass is 310 g/mol. The van der Waals surface area contributed by atoms with Crippen LogP contribution in [0.1, 0.15) is 46.0 Å². The maximum absolute atomic E-state index is 12.8. The first-order valence-corrected chi connectivity index (χ1v) is 8.25. The molecule has 0 aromatic rings. The molecule has 0 aliphatic carbocycles. The Hall–Kier alpha value is -1.59. The summed E-state index contributed by atoms with van der Waals surface area (Å²) in [5, 5.41) is 9.24. The number of rotatable bonds is 3. The standard InChI is InChI=1S/C16H26N2O4/c1-3-14(19)18-7-5-4-6-13(18)15(20)17-9-11(2)8-12(10-17)16(21)22/h11-13H,3-10H2,1-2H3,(H,21,22). The molecule has 2 aliphatic rings. The van der Waals surface area contributed by atoms with E-state index >= 15 is 0 Å². The smallest absolute Gasteiger partial charge is 0.308 e. The van der Waals surface area contributed by atoms with Gasteiger partial charge in [0.1, 0.15) is 6.04 Å². The van der Waals surface area contributed by atoms with Crippen LogP contribution in [0.3, 0.4) is 0 Å². The zero-order valence-corrected chi connectivity index (χ0v) is 13.5. The highest BCUT2D eigenvalue weighted by molar-refractivity contribution is 5.88. The predicted molar refractivity (Wildman–Crippen MR) is 81.1 cm³/mol. The molecule has 3 unspecified atom stereocenters. The molecule has 3 atom stereocenters. The lowest BCUT2D eigenvalue weighted by atomic mass is 9.89. The fraction of sp³-hybridized carbons (Fsp3) is 0.812. The van der Waals surface area contributed by atoms with Crippen molar-refractivity contribution in [2.75, 3.05) is 19.6 Å². The number of hydrogen-bond acceptors (Lipinski definition) is 3. The van der Waals surface area contributed by atoms with Gasteiger partial charge < -0.3 is 14.9 Å². The van der Waals surface area contributed by atoms with Crippen molar-refractivity contribution < 1.29 is 19.5 Å². The summed E-state index contributed by atoms with van der Waals surface area (Å²) in [6.45, 7) is 5.28. The van der Waals surface area contributed by atoms with E-state index in [2.05, 4.69) is 0 Å². The number of carboxylic acid groups (broad SMARTS) is 1. The van der Waals surface area contributed by atoms with Crippen LogP contribution in [0.25, 0.3) is 0 Å². The van der Waals surface area contributed by atoms with Crippen molar-refractivity contribution in [2.24, 2.45) is 11.8 Å². The van der Waals surface area contributed by atoms with Gasteiger partial charge in [-0.15, -0.1) is 0 Å². The lowest BCUT2D eigenvalue weighted by Crippen LogP contribution is -2.56. The average molecular weight is 310 g/mol. The molecule has 2 heterocycles. The van der Waals surface area contributed by atoms with Gasteiger partial charge in [-0.3, -0.25) is 14.4 Å². The second-order valence-electron chi connectivity index (χ2n) is 6.57. The number of hydrogen-bond donors (Lipinski definition) is 1. The summed E-state index contributed by atoms with van der Waals surface area (Å²) in [7, 11) is 0. The summed E-state index contributed by atoms with van der Waals surface area (Å²) in [6.07, 6.45) is 3.58. The fourth-order valence-corrected chi connectivity index (χ4v) is 3.61. The van der Waals surface area contributed by atoms with Crippen LogP contribution in [0.15, 0.2) is 0 Å². The SMILES string of the molecule is CCC(=O)N1CCCCC1C(=O)N1CC(C)CC(C(=O)O)C1. The van der Waals surface area contributed by atoms with Crippen LogP contribution in [0.4, 0.5) is 0 Å². The van der Waals surface area contributed by atoms with E-state index in [0.717, 1.165) is 12.8 Å². The molecule has 0 bridgehead atoms. The molecule has 2 saturated heterocycles. The second kappa shape index (κ2) is 7.11. The van der Waals surface area contributed by atoms with E-state index in [-0.39, 0.29) is 24.3 Å². The number of piperidine rings is 2. The normalized spacial score (nSPS) is 29.3. The van der Waals surface area contributed by atoms with Crippen LogP contribution in [0.5, 0.6) is 0 Å². The number of carboxylic acids is 1. The van der Waals surface area contributed by atoms with Gasteiger partial charge in [0.25, 0.3) is 0 Å². The molecule has 6 heteroatoms. The maximum Gasteiger partial charge on any atom is 0.308 e. The van der Waals surface area contributed by atoms with Crippen molar-refractivity contribution in [3.63, 3.8) is 0 Å². The summed E-state index contributed by atoms with van der Waals surface area (Å²) in [5.74, 6) is -1.21. The fourth-order valence-electron chi connectivity index (χ4n) is 3.61. The van der Waals surface area contributed by atoms with Gasteiger partial charge in [-0.25, -0.2) is 0 Å². The molecule has 0 radical (unpaired) electrons. The molecular formula is C16H26N2O4. The van der Waals surface area contributed by atoms with Crippen LogP contribution in [0.2, 0.25) is 0 Å². The summed E-state index contributed by atoms with van der Waals surface area (Å²) in [5.41, 5.74) is 0. The minimum Gasteiger partial charge on any atom is -0.481 e. The zero-order valence-electron chi connectivity index (χ0n) is 13.5. The zero-order chi connectivity index (χ0) is 16.3. The van der Waals surface area contributed by atoms with Gasteiger partial charge in [0, 0.05) is 26.1 Å². The summed E-state index contributed by atoms with van der Waals surface area (Å²) in [4.78, 5) is 39.5. The van der Waals surface area contributed by atoms with Crippen LogP contribution in [-0.2, 0) is 14.4 Å². The Morgan fingerprint density at radius 3 is 2.55 bits per heavy atom. The van der Waals surface area contributed by atoms with Gasteiger partial charge in [-0.2, -0.15) is 0 Å².